The second kappa shape index (κ2) is 3.16. The van der Waals surface area contributed by atoms with Gasteiger partial charge < -0.3 is 0 Å². The predicted octanol–water partition coefficient (Wildman–Crippen LogP) is 3.86. The summed E-state index contributed by atoms with van der Waals surface area (Å²) in [6.07, 6.45) is 5.85. The van der Waals surface area contributed by atoms with Gasteiger partial charge in [-0.1, -0.05) is 34.1 Å². The zero-order chi connectivity index (χ0) is 8.48. The Morgan fingerprint density at radius 1 is 1.18 bits per heavy atom. The second-order valence-corrected chi connectivity index (χ2v) is 5.41. The van der Waals surface area contributed by atoms with Crippen LogP contribution in [0.15, 0.2) is 0 Å². The van der Waals surface area contributed by atoms with Crippen LogP contribution in [0.2, 0.25) is 0 Å². The van der Waals surface area contributed by atoms with E-state index in [2.05, 4.69) is 27.7 Å². The maximum Gasteiger partial charge on any atom is -0.0383 e. The van der Waals surface area contributed by atoms with E-state index in [-0.39, 0.29) is 0 Å². The molecule has 11 heavy (non-hydrogen) atoms. The van der Waals surface area contributed by atoms with E-state index in [0.717, 1.165) is 11.8 Å². The molecule has 0 aromatic heterocycles. The lowest BCUT2D eigenvalue weighted by Crippen LogP contribution is -2.24. The van der Waals surface area contributed by atoms with E-state index in [4.69, 9.17) is 0 Å². The average Bonchev–Trinajstić information content (AvgIpc) is 1.82. The van der Waals surface area contributed by atoms with E-state index >= 15 is 0 Å². The molecule has 1 saturated carbocycles. The molecule has 0 aromatic rings. The van der Waals surface area contributed by atoms with E-state index in [1.165, 1.54) is 25.7 Å². The monoisotopic (exact) mass is 154 g/mol. The maximum atomic E-state index is 2.40. The molecule has 0 saturated heterocycles. The first-order chi connectivity index (χ1) is 4.99. The molecule has 0 bridgehead atoms. The molecule has 2 atom stereocenters. The summed E-state index contributed by atoms with van der Waals surface area (Å²) in [5.74, 6) is 2.09. The quantitative estimate of drug-likeness (QED) is 0.566. The lowest BCUT2D eigenvalue weighted by Gasteiger charge is -2.35. The summed E-state index contributed by atoms with van der Waals surface area (Å²) in [4.78, 5) is 0. The minimum Gasteiger partial charge on any atom is -0.0622 e. The number of hydrogen-bond acceptors (Lipinski definition) is 0. The van der Waals surface area contributed by atoms with Crippen molar-refractivity contribution >= 4 is 0 Å². The highest BCUT2D eigenvalue weighted by Crippen LogP contribution is 2.39. The van der Waals surface area contributed by atoms with Crippen molar-refractivity contribution in [3.8, 4) is 0 Å². The van der Waals surface area contributed by atoms with Crippen LogP contribution in [0, 0.1) is 17.3 Å². The molecule has 66 valence electrons. The summed E-state index contributed by atoms with van der Waals surface area (Å²) in [5.41, 5.74) is 0.551. The van der Waals surface area contributed by atoms with Crippen LogP contribution in [0.25, 0.3) is 0 Å². The van der Waals surface area contributed by atoms with Gasteiger partial charge in [-0.2, -0.15) is 0 Å². The third-order valence-corrected chi connectivity index (χ3v) is 3.06. The predicted molar refractivity (Wildman–Crippen MR) is 50.6 cm³/mol. The molecule has 1 aliphatic rings. The molecule has 0 heterocycles. The zero-order valence-electron chi connectivity index (χ0n) is 8.48. The van der Waals surface area contributed by atoms with Crippen molar-refractivity contribution in [2.45, 2.75) is 53.4 Å². The molecule has 1 aliphatic carbocycles. The zero-order valence-corrected chi connectivity index (χ0v) is 8.48. The van der Waals surface area contributed by atoms with Crippen LogP contribution in [-0.4, -0.2) is 0 Å². The molecule has 0 radical (unpaired) electrons. The Morgan fingerprint density at radius 2 is 1.82 bits per heavy atom. The first-order valence-electron chi connectivity index (χ1n) is 4.99. The molecule has 0 nitrogen and oxygen atoms in total. The summed E-state index contributed by atoms with van der Waals surface area (Å²) in [5, 5.41) is 0. The number of hydrogen-bond donors (Lipinski definition) is 0. The first-order valence-corrected chi connectivity index (χ1v) is 4.99. The molecular formula is C11H22. The van der Waals surface area contributed by atoms with Gasteiger partial charge >= 0.3 is 0 Å². The fourth-order valence-electron chi connectivity index (χ4n) is 1.78. The summed E-state index contributed by atoms with van der Waals surface area (Å²) in [7, 11) is 0. The molecule has 2 unspecified atom stereocenters. The average molecular weight is 154 g/mol. The Kier molecular flexibility index (Phi) is 2.61. The van der Waals surface area contributed by atoms with Crippen LogP contribution >= 0.6 is 0 Å². The van der Waals surface area contributed by atoms with Gasteiger partial charge in [-0.15, -0.1) is 0 Å². The summed E-state index contributed by atoms with van der Waals surface area (Å²) >= 11 is 0. The smallest absolute Gasteiger partial charge is 0.0383 e. The molecule has 0 aliphatic heterocycles. The number of rotatable bonds is 2. The first kappa shape index (κ1) is 9.09. The van der Waals surface area contributed by atoms with Crippen LogP contribution in [0.1, 0.15) is 53.4 Å². The largest absolute Gasteiger partial charge is 0.0622 e. The molecular weight excluding hydrogens is 132 g/mol. The van der Waals surface area contributed by atoms with Gasteiger partial charge in [0.05, 0.1) is 0 Å². The second-order valence-electron chi connectivity index (χ2n) is 5.41. The summed E-state index contributed by atoms with van der Waals surface area (Å²) in [6.45, 7) is 9.43. The van der Waals surface area contributed by atoms with Crippen molar-refractivity contribution in [1.29, 1.82) is 0 Å². The van der Waals surface area contributed by atoms with E-state index < -0.39 is 0 Å². The Morgan fingerprint density at radius 3 is 2.09 bits per heavy atom. The topological polar surface area (TPSA) is 0 Å². The summed E-state index contributed by atoms with van der Waals surface area (Å²) in [6, 6.07) is 0. The van der Waals surface area contributed by atoms with Crippen molar-refractivity contribution in [3.63, 3.8) is 0 Å². The summed E-state index contributed by atoms with van der Waals surface area (Å²) < 4.78 is 0. The molecule has 0 heteroatoms. The fourth-order valence-corrected chi connectivity index (χ4v) is 1.78. The standard InChI is InChI=1S/C11H22/c1-9-5-6-10(9)7-8-11(2,3)4/h9-10H,5-8H2,1-4H3. The van der Waals surface area contributed by atoms with Crippen molar-refractivity contribution in [2.24, 2.45) is 17.3 Å². The lowest BCUT2D eigenvalue weighted by molar-refractivity contribution is 0.160. The van der Waals surface area contributed by atoms with Crippen LogP contribution in [0.5, 0.6) is 0 Å². The van der Waals surface area contributed by atoms with Crippen molar-refractivity contribution in [1.82, 2.24) is 0 Å². The van der Waals surface area contributed by atoms with Gasteiger partial charge in [0.1, 0.15) is 0 Å². The molecule has 0 N–H and O–H groups in total. The molecule has 1 fully saturated rings. The van der Waals surface area contributed by atoms with Crippen LogP contribution in [0.4, 0.5) is 0 Å². The van der Waals surface area contributed by atoms with Crippen molar-refractivity contribution in [2.75, 3.05) is 0 Å². The molecule has 0 amide bonds. The Labute approximate surface area is 71.4 Å². The van der Waals surface area contributed by atoms with Gasteiger partial charge in [0, 0.05) is 0 Å². The van der Waals surface area contributed by atoms with Gasteiger partial charge in [-0.25, -0.2) is 0 Å². The molecule has 1 rings (SSSR count). The normalized spacial score (nSPS) is 31.6. The maximum absolute atomic E-state index is 2.40. The molecule has 0 aromatic carbocycles. The van der Waals surface area contributed by atoms with Gasteiger partial charge in [-0.3, -0.25) is 0 Å². The highest BCUT2D eigenvalue weighted by molar-refractivity contribution is 4.78. The van der Waals surface area contributed by atoms with Gasteiger partial charge in [0.25, 0.3) is 0 Å². The lowest BCUT2D eigenvalue weighted by atomic mass is 9.70. The van der Waals surface area contributed by atoms with Gasteiger partial charge in [-0.05, 0) is 36.5 Å². The minimum atomic E-state index is 0.551. The van der Waals surface area contributed by atoms with Gasteiger partial charge in [0.2, 0.25) is 0 Å². The van der Waals surface area contributed by atoms with Crippen LogP contribution in [0.3, 0.4) is 0 Å². The fraction of sp³-hybridized carbons (Fsp3) is 1.00. The Balaban J connectivity index is 2.12. The Hall–Kier alpha value is 0. The highest BCUT2D eigenvalue weighted by Gasteiger charge is 2.27. The molecule has 0 spiro atoms. The van der Waals surface area contributed by atoms with E-state index in [0.29, 0.717) is 5.41 Å². The van der Waals surface area contributed by atoms with Gasteiger partial charge in [0.15, 0.2) is 0 Å². The Bertz CT molecular complexity index is 118. The highest BCUT2D eigenvalue weighted by atomic mass is 14.3. The van der Waals surface area contributed by atoms with Crippen LogP contribution in [-0.2, 0) is 0 Å². The van der Waals surface area contributed by atoms with Crippen LogP contribution < -0.4 is 0 Å². The van der Waals surface area contributed by atoms with Crippen molar-refractivity contribution in [3.05, 3.63) is 0 Å². The van der Waals surface area contributed by atoms with E-state index in [9.17, 15) is 0 Å². The van der Waals surface area contributed by atoms with E-state index in [1.807, 2.05) is 0 Å². The van der Waals surface area contributed by atoms with Crippen molar-refractivity contribution < 1.29 is 0 Å². The minimum absolute atomic E-state index is 0.551. The third kappa shape index (κ3) is 2.84. The third-order valence-electron chi connectivity index (χ3n) is 3.06. The SMILES string of the molecule is CC1CCC1CCC(C)(C)C. The van der Waals surface area contributed by atoms with E-state index in [1.54, 1.807) is 0 Å².